The number of amides is 1. The molecule has 0 saturated heterocycles. The fourth-order valence-corrected chi connectivity index (χ4v) is 3.06. The fraction of sp³-hybridized carbons (Fsp3) is 0.368. The molecule has 2 aromatic rings. The Morgan fingerprint density at radius 2 is 1.71 bits per heavy atom. The first-order chi connectivity index (χ1) is 13.3. The van der Waals surface area contributed by atoms with E-state index in [4.69, 9.17) is 14.2 Å². The van der Waals surface area contributed by atoms with E-state index in [1.165, 1.54) is 21.1 Å². The minimum Gasteiger partial charge on any atom is -0.493 e. The molecular formula is C19H23N3O5S. The van der Waals surface area contributed by atoms with Crippen LogP contribution in [0.2, 0.25) is 0 Å². The molecule has 0 aliphatic heterocycles. The molecule has 1 N–H and O–H groups in total. The minimum absolute atomic E-state index is 0.0108. The molecule has 0 spiro atoms. The van der Waals surface area contributed by atoms with Crippen molar-refractivity contribution < 1.29 is 23.8 Å². The summed E-state index contributed by atoms with van der Waals surface area (Å²) in [6.07, 6.45) is -0.957. The second kappa shape index (κ2) is 9.93. The molecule has 1 heterocycles. The molecule has 8 nitrogen and oxygen atoms in total. The summed E-state index contributed by atoms with van der Waals surface area (Å²) in [6, 6.07) is 6.81. The van der Waals surface area contributed by atoms with Gasteiger partial charge in [-0.1, -0.05) is 11.8 Å². The summed E-state index contributed by atoms with van der Waals surface area (Å²) < 4.78 is 15.5. The molecule has 1 atom stereocenters. The summed E-state index contributed by atoms with van der Waals surface area (Å²) in [6.45, 7) is 5.22. The molecule has 0 aliphatic carbocycles. The van der Waals surface area contributed by atoms with Gasteiger partial charge >= 0.3 is 5.97 Å². The third-order valence-corrected chi connectivity index (χ3v) is 4.43. The van der Waals surface area contributed by atoms with Gasteiger partial charge in [-0.2, -0.15) is 0 Å². The summed E-state index contributed by atoms with van der Waals surface area (Å²) in [5.74, 6) is 0.0630. The van der Waals surface area contributed by atoms with Crippen LogP contribution in [0.1, 0.15) is 18.3 Å². The molecule has 9 heteroatoms. The van der Waals surface area contributed by atoms with Gasteiger partial charge in [0.2, 0.25) is 0 Å². The van der Waals surface area contributed by atoms with E-state index in [0.29, 0.717) is 22.3 Å². The van der Waals surface area contributed by atoms with Crippen molar-refractivity contribution in [3.8, 4) is 11.5 Å². The highest BCUT2D eigenvalue weighted by Crippen LogP contribution is 2.29. The third-order valence-electron chi connectivity index (χ3n) is 3.61. The second-order valence-corrected chi connectivity index (χ2v) is 6.86. The van der Waals surface area contributed by atoms with Gasteiger partial charge < -0.3 is 19.5 Å². The average Bonchev–Trinajstić information content (AvgIpc) is 2.65. The number of ether oxygens (including phenoxy) is 3. The Hall–Kier alpha value is -2.81. The van der Waals surface area contributed by atoms with Crippen molar-refractivity contribution in [3.63, 3.8) is 0 Å². The van der Waals surface area contributed by atoms with Crippen LogP contribution in [-0.2, 0) is 14.3 Å². The number of nitrogens with one attached hydrogen (secondary N) is 1. The number of carbonyl (C=O) groups is 2. The van der Waals surface area contributed by atoms with Crippen LogP contribution in [0, 0.1) is 13.8 Å². The van der Waals surface area contributed by atoms with Crippen LogP contribution in [0.5, 0.6) is 11.5 Å². The molecule has 0 fully saturated rings. The topological polar surface area (TPSA) is 99.6 Å². The first-order valence-electron chi connectivity index (χ1n) is 8.50. The Balaban J connectivity index is 1.88. The number of thioether (sulfide) groups is 1. The van der Waals surface area contributed by atoms with Crippen LogP contribution in [0.25, 0.3) is 0 Å². The molecule has 1 aromatic carbocycles. The highest BCUT2D eigenvalue weighted by atomic mass is 32.2. The maximum atomic E-state index is 12.3. The minimum atomic E-state index is -0.957. The van der Waals surface area contributed by atoms with Crippen molar-refractivity contribution in [2.75, 3.05) is 25.3 Å². The van der Waals surface area contributed by atoms with Crippen LogP contribution >= 0.6 is 11.8 Å². The maximum Gasteiger partial charge on any atom is 0.317 e. The highest BCUT2D eigenvalue weighted by molar-refractivity contribution is 7.99. The average molecular weight is 405 g/mol. The normalized spacial score (nSPS) is 11.5. The highest BCUT2D eigenvalue weighted by Gasteiger charge is 2.19. The number of methoxy groups -OCH3 is 2. The molecule has 0 radical (unpaired) electrons. The summed E-state index contributed by atoms with van der Waals surface area (Å²) >= 11 is 1.16. The van der Waals surface area contributed by atoms with E-state index < -0.39 is 18.0 Å². The number of aromatic nitrogens is 2. The summed E-state index contributed by atoms with van der Waals surface area (Å²) in [5, 5.41) is 3.18. The first kappa shape index (κ1) is 21.5. The fourth-order valence-electron chi connectivity index (χ4n) is 2.32. The largest absolute Gasteiger partial charge is 0.493 e. The van der Waals surface area contributed by atoms with Gasteiger partial charge in [-0.15, -0.1) is 0 Å². The van der Waals surface area contributed by atoms with E-state index in [0.717, 1.165) is 23.1 Å². The van der Waals surface area contributed by atoms with Gasteiger partial charge in [-0.25, -0.2) is 9.97 Å². The van der Waals surface area contributed by atoms with Crippen molar-refractivity contribution in [2.45, 2.75) is 32.0 Å². The van der Waals surface area contributed by atoms with Gasteiger partial charge in [0.05, 0.1) is 20.0 Å². The van der Waals surface area contributed by atoms with Crippen LogP contribution in [0.15, 0.2) is 29.4 Å². The van der Waals surface area contributed by atoms with E-state index in [2.05, 4.69) is 15.3 Å². The standard InChI is InChI=1S/C19H23N3O5S/c1-11-8-12(2)21-19(20-11)28-10-17(23)27-13(3)18(24)22-14-6-7-15(25-4)16(9-14)26-5/h6-9,13H,10H2,1-5H3,(H,22,24)/t13-/m1/s1. The molecule has 2 rings (SSSR count). The Labute approximate surface area is 168 Å². The van der Waals surface area contributed by atoms with Gasteiger partial charge in [0, 0.05) is 23.1 Å². The van der Waals surface area contributed by atoms with E-state index in [1.807, 2.05) is 19.9 Å². The number of rotatable bonds is 8. The number of anilines is 1. The number of carbonyl (C=O) groups excluding carboxylic acids is 2. The number of nitrogens with zero attached hydrogens (tertiary/aromatic N) is 2. The number of hydrogen-bond acceptors (Lipinski definition) is 8. The molecule has 0 aliphatic rings. The zero-order chi connectivity index (χ0) is 20.7. The van der Waals surface area contributed by atoms with Gasteiger partial charge in [0.25, 0.3) is 5.91 Å². The van der Waals surface area contributed by atoms with Crippen molar-refractivity contribution >= 4 is 29.3 Å². The molecule has 1 aromatic heterocycles. The SMILES string of the molecule is COc1ccc(NC(=O)[C@@H](C)OC(=O)CSc2nc(C)cc(C)n2)cc1OC. The second-order valence-electron chi connectivity index (χ2n) is 5.91. The third kappa shape index (κ3) is 6.12. The Bertz CT molecular complexity index is 839. The molecule has 28 heavy (non-hydrogen) atoms. The zero-order valence-electron chi connectivity index (χ0n) is 16.4. The van der Waals surface area contributed by atoms with Crippen LogP contribution in [-0.4, -0.2) is 47.9 Å². The van der Waals surface area contributed by atoms with Crippen molar-refractivity contribution in [3.05, 3.63) is 35.7 Å². The Kier molecular flexibility index (Phi) is 7.62. The van der Waals surface area contributed by atoms with Gasteiger partial charge in [0.1, 0.15) is 0 Å². The van der Waals surface area contributed by atoms with E-state index in [9.17, 15) is 9.59 Å². The molecular weight excluding hydrogens is 382 g/mol. The predicted octanol–water partition coefficient (Wildman–Crippen LogP) is 2.77. The maximum absolute atomic E-state index is 12.3. The van der Waals surface area contributed by atoms with Crippen LogP contribution < -0.4 is 14.8 Å². The number of benzene rings is 1. The van der Waals surface area contributed by atoms with Crippen molar-refractivity contribution in [1.82, 2.24) is 9.97 Å². The quantitative estimate of drug-likeness (QED) is 0.407. The van der Waals surface area contributed by atoms with Gasteiger partial charge in [0.15, 0.2) is 22.8 Å². The van der Waals surface area contributed by atoms with Crippen LogP contribution in [0.3, 0.4) is 0 Å². The first-order valence-corrected chi connectivity index (χ1v) is 9.48. The summed E-state index contributed by atoms with van der Waals surface area (Å²) in [4.78, 5) is 32.8. The Morgan fingerprint density at radius 1 is 1.07 bits per heavy atom. The van der Waals surface area contributed by atoms with E-state index >= 15 is 0 Å². The lowest BCUT2D eigenvalue weighted by Crippen LogP contribution is -2.30. The van der Waals surface area contributed by atoms with Gasteiger partial charge in [-0.3, -0.25) is 9.59 Å². The zero-order valence-corrected chi connectivity index (χ0v) is 17.3. The summed E-state index contributed by atoms with van der Waals surface area (Å²) in [7, 11) is 3.03. The molecule has 0 unspecified atom stereocenters. The molecule has 0 bridgehead atoms. The number of hydrogen-bond donors (Lipinski definition) is 1. The summed E-state index contributed by atoms with van der Waals surface area (Å²) in [5.41, 5.74) is 2.15. The molecule has 1 amide bonds. The van der Waals surface area contributed by atoms with Gasteiger partial charge in [-0.05, 0) is 39.0 Å². The van der Waals surface area contributed by atoms with Crippen LogP contribution in [0.4, 0.5) is 5.69 Å². The predicted molar refractivity (Wildman–Crippen MR) is 106 cm³/mol. The van der Waals surface area contributed by atoms with Crippen molar-refractivity contribution in [2.24, 2.45) is 0 Å². The lowest BCUT2D eigenvalue weighted by molar-refractivity contribution is -0.150. The Morgan fingerprint density at radius 3 is 2.32 bits per heavy atom. The van der Waals surface area contributed by atoms with Crippen molar-refractivity contribution in [1.29, 1.82) is 0 Å². The van der Waals surface area contributed by atoms with E-state index in [1.54, 1.807) is 18.2 Å². The monoisotopic (exact) mass is 405 g/mol. The molecule has 150 valence electrons. The number of aryl methyl sites for hydroxylation is 2. The number of esters is 1. The smallest absolute Gasteiger partial charge is 0.317 e. The molecule has 0 saturated carbocycles. The lowest BCUT2D eigenvalue weighted by atomic mass is 10.2. The van der Waals surface area contributed by atoms with E-state index in [-0.39, 0.29) is 5.75 Å². The lowest BCUT2D eigenvalue weighted by Gasteiger charge is -2.14.